The van der Waals surface area contributed by atoms with Crippen molar-refractivity contribution < 1.29 is 9.90 Å². The van der Waals surface area contributed by atoms with Gasteiger partial charge in [-0.25, -0.2) is 24.7 Å². The van der Waals surface area contributed by atoms with Crippen LogP contribution in [0, 0.1) is 17.2 Å². The average Bonchev–Trinajstić information content (AvgIpc) is 3.92. The Kier molecular flexibility index (Phi) is 6.70. The van der Waals surface area contributed by atoms with Crippen molar-refractivity contribution in [3.63, 3.8) is 0 Å². The summed E-state index contributed by atoms with van der Waals surface area (Å²) < 4.78 is 0. The first-order valence-electron chi connectivity index (χ1n) is 13.3. The van der Waals surface area contributed by atoms with E-state index in [1.165, 1.54) is 0 Å². The van der Waals surface area contributed by atoms with Crippen LogP contribution in [0.15, 0.2) is 79.3 Å². The molecule has 2 aromatic carbocycles. The van der Waals surface area contributed by atoms with Crippen molar-refractivity contribution in [2.45, 2.75) is 43.8 Å². The molecule has 0 saturated heterocycles. The number of nitriles is 1. The zero-order valence-electron chi connectivity index (χ0n) is 21.7. The van der Waals surface area contributed by atoms with Crippen molar-refractivity contribution >= 4 is 23.4 Å². The maximum Gasteiger partial charge on any atom is 0.408 e. The highest BCUT2D eigenvalue weighted by molar-refractivity contribution is 5.69. The number of carboxylic acid groups (broad SMARTS) is 1. The third-order valence-electron chi connectivity index (χ3n) is 7.52. The first-order valence-corrected chi connectivity index (χ1v) is 13.3. The predicted molar refractivity (Wildman–Crippen MR) is 150 cm³/mol. The Balaban J connectivity index is 1.26. The summed E-state index contributed by atoms with van der Waals surface area (Å²) in [7, 11) is 0. The number of aromatic nitrogens is 4. The van der Waals surface area contributed by atoms with Crippen molar-refractivity contribution in [2.75, 3.05) is 10.6 Å². The topological polar surface area (TPSA) is 140 Å². The van der Waals surface area contributed by atoms with Gasteiger partial charge in [0, 0.05) is 30.2 Å². The van der Waals surface area contributed by atoms with E-state index in [0.29, 0.717) is 35.6 Å². The van der Waals surface area contributed by atoms with Crippen LogP contribution in [0.1, 0.15) is 36.9 Å². The van der Waals surface area contributed by atoms with Crippen LogP contribution in [0.25, 0.3) is 11.4 Å². The number of anilines is 3. The summed E-state index contributed by atoms with van der Waals surface area (Å²) in [5.74, 6) is 1.75. The molecule has 2 aromatic heterocycles. The number of hydrogen-bond acceptors (Lipinski definition) is 8. The van der Waals surface area contributed by atoms with E-state index in [0.717, 1.165) is 36.8 Å². The average molecular weight is 533 g/mol. The van der Waals surface area contributed by atoms with Gasteiger partial charge in [0.1, 0.15) is 11.9 Å². The Hall–Kier alpha value is -5.04. The number of nitrogens with zero attached hydrogens (tertiary/aromatic N) is 6. The number of nitrogens with one attached hydrogen (secondary N) is 2. The van der Waals surface area contributed by atoms with E-state index in [4.69, 9.17) is 4.98 Å². The van der Waals surface area contributed by atoms with Crippen LogP contribution in [0.2, 0.25) is 0 Å². The standard InChI is InChI=1S/C30H28N8O2/c31-17-24-28(35-23-9-4-8-22(16-23)27-32-14-5-15-33-27)37-25(18-34-24)36-26(21-10-11-21)30(12-13-30)38(29(39)40)19-20-6-2-1-3-7-20/h1-9,14-16,18,21,26H,10-13,19H2,(H,39,40)(H2,35,36,37)/t26-/m1/s1. The van der Waals surface area contributed by atoms with Crippen LogP contribution in [0.4, 0.5) is 22.1 Å². The fraction of sp³-hybridized carbons (Fsp3) is 0.267. The molecule has 4 aromatic rings. The predicted octanol–water partition coefficient (Wildman–Crippen LogP) is 5.45. The summed E-state index contributed by atoms with van der Waals surface area (Å²) in [5, 5.41) is 26.7. The highest BCUT2D eigenvalue weighted by Gasteiger charge is 2.59. The van der Waals surface area contributed by atoms with Gasteiger partial charge in [0.25, 0.3) is 0 Å². The molecule has 1 amide bonds. The molecule has 2 aliphatic carbocycles. The highest BCUT2D eigenvalue weighted by atomic mass is 16.4. The van der Waals surface area contributed by atoms with Crippen molar-refractivity contribution in [1.29, 1.82) is 5.26 Å². The van der Waals surface area contributed by atoms with Gasteiger partial charge >= 0.3 is 6.09 Å². The van der Waals surface area contributed by atoms with Gasteiger partial charge in [0.15, 0.2) is 17.3 Å². The van der Waals surface area contributed by atoms with Gasteiger partial charge < -0.3 is 15.7 Å². The second kappa shape index (κ2) is 10.6. The Morgan fingerprint density at radius 1 is 1.07 bits per heavy atom. The summed E-state index contributed by atoms with van der Waals surface area (Å²) in [5.41, 5.74) is 2.13. The normalized spacial score (nSPS) is 15.9. The van der Waals surface area contributed by atoms with E-state index in [2.05, 4.69) is 31.7 Å². The molecule has 0 radical (unpaired) electrons. The molecule has 1 atom stereocenters. The molecule has 40 heavy (non-hydrogen) atoms. The first kappa shape index (κ1) is 25.2. The van der Waals surface area contributed by atoms with Crippen LogP contribution in [-0.4, -0.2) is 47.6 Å². The van der Waals surface area contributed by atoms with Crippen molar-refractivity contribution in [3.8, 4) is 17.5 Å². The van der Waals surface area contributed by atoms with E-state index >= 15 is 0 Å². The Morgan fingerprint density at radius 2 is 1.85 bits per heavy atom. The molecule has 0 unspecified atom stereocenters. The molecule has 0 aliphatic heterocycles. The number of benzene rings is 2. The van der Waals surface area contributed by atoms with E-state index in [1.807, 2.05) is 54.6 Å². The lowest BCUT2D eigenvalue weighted by atomic mass is 9.98. The van der Waals surface area contributed by atoms with Crippen molar-refractivity contribution in [2.24, 2.45) is 5.92 Å². The Labute approximate surface area is 231 Å². The fourth-order valence-electron chi connectivity index (χ4n) is 5.29. The summed E-state index contributed by atoms with van der Waals surface area (Å²) in [6.07, 6.45) is 7.61. The van der Waals surface area contributed by atoms with Crippen molar-refractivity contribution in [1.82, 2.24) is 24.8 Å². The minimum absolute atomic E-state index is 0.110. The number of carbonyl (C=O) groups is 1. The lowest BCUT2D eigenvalue weighted by Crippen LogP contribution is -2.52. The van der Waals surface area contributed by atoms with E-state index < -0.39 is 11.6 Å². The molecular formula is C30H28N8O2. The Bertz CT molecular complexity index is 1550. The van der Waals surface area contributed by atoms with Gasteiger partial charge in [-0.1, -0.05) is 42.5 Å². The molecule has 6 rings (SSSR count). The number of rotatable bonds is 10. The molecule has 2 saturated carbocycles. The summed E-state index contributed by atoms with van der Waals surface area (Å²) in [6, 6.07) is 21.0. The maximum atomic E-state index is 12.5. The highest BCUT2D eigenvalue weighted by Crippen LogP contribution is 2.53. The minimum atomic E-state index is -0.927. The molecule has 0 bridgehead atoms. The van der Waals surface area contributed by atoms with Gasteiger partial charge in [-0.2, -0.15) is 5.26 Å². The molecule has 0 spiro atoms. The summed E-state index contributed by atoms with van der Waals surface area (Å²) >= 11 is 0. The zero-order chi connectivity index (χ0) is 27.5. The summed E-state index contributed by atoms with van der Waals surface area (Å²) in [6.45, 7) is 0.328. The van der Waals surface area contributed by atoms with E-state index in [-0.39, 0.29) is 11.7 Å². The van der Waals surface area contributed by atoms with E-state index in [1.54, 1.807) is 29.6 Å². The fourth-order valence-corrected chi connectivity index (χ4v) is 5.29. The van der Waals surface area contributed by atoms with Crippen LogP contribution in [0.5, 0.6) is 0 Å². The quantitative estimate of drug-likeness (QED) is 0.243. The molecule has 2 aliphatic rings. The Morgan fingerprint density at radius 3 is 2.52 bits per heavy atom. The lowest BCUT2D eigenvalue weighted by Gasteiger charge is -2.37. The van der Waals surface area contributed by atoms with Gasteiger partial charge in [0.05, 0.1) is 17.8 Å². The molecule has 2 heterocycles. The monoisotopic (exact) mass is 532 g/mol. The molecule has 2 fully saturated rings. The molecule has 3 N–H and O–H groups in total. The second-order valence-electron chi connectivity index (χ2n) is 10.3. The molecule has 10 heteroatoms. The van der Waals surface area contributed by atoms with Gasteiger partial charge in [0.2, 0.25) is 0 Å². The lowest BCUT2D eigenvalue weighted by molar-refractivity contribution is 0.102. The smallest absolute Gasteiger partial charge is 0.408 e. The summed E-state index contributed by atoms with van der Waals surface area (Å²) in [4.78, 5) is 31.7. The van der Waals surface area contributed by atoms with Crippen LogP contribution in [0.3, 0.4) is 0 Å². The largest absolute Gasteiger partial charge is 0.465 e. The van der Waals surface area contributed by atoms with E-state index in [9.17, 15) is 15.2 Å². The molecule has 200 valence electrons. The first-order chi connectivity index (χ1) is 19.6. The van der Waals surface area contributed by atoms with Crippen LogP contribution >= 0.6 is 0 Å². The second-order valence-corrected chi connectivity index (χ2v) is 10.3. The third kappa shape index (κ3) is 5.27. The third-order valence-corrected chi connectivity index (χ3v) is 7.52. The number of amides is 1. The number of hydrogen-bond donors (Lipinski definition) is 3. The van der Waals surface area contributed by atoms with Crippen molar-refractivity contribution in [3.05, 3.63) is 90.5 Å². The van der Waals surface area contributed by atoms with Gasteiger partial charge in [-0.05, 0) is 55.4 Å². The maximum absolute atomic E-state index is 12.5. The van der Waals surface area contributed by atoms with Crippen LogP contribution < -0.4 is 10.6 Å². The van der Waals surface area contributed by atoms with Gasteiger partial charge in [-0.3, -0.25) is 4.90 Å². The van der Waals surface area contributed by atoms with Crippen LogP contribution in [-0.2, 0) is 6.54 Å². The zero-order valence-corrected chi connectivity index (χ0v) is 21.7. The molecule has 10 nitrogen and oxygen atoms in total. The van der Waals surface area contributed by atoms with Gasteiger partial charge in [-0.15, -0.1) is 0 Å². The minimum Gasteiger partial charge on any atom is -0.465 e. The molecular weight excluding hydrogens is 504 g/mol. The SMILES string of the molecule is N#Cc1ncc(N[C@H](C2CC2)C2(N(Cc3ccccc3)C(=O)O)CC2)nc1Nc1cccc(-c2ncccn2)c1.